The molecule has 1 spiro atoms. The van der Waals surface area contributed by atoms with E-state index in [-0.39, 0.29) is 0 Å². The van der Waals surface area contributed by atoms with Gasteiger partial charge in [-0.05, 0) is 61.7 Å². The summed E-state index contributed by atoms with van der Waals surface area (Å²) in [6, 6.07) is 0. The van der Waals surface area contributed by atoms with Gasteiger partial charge in [0.1, 0.15) is 0 Å². The average Bonchev–Trinajstić information content (AvgIpc) is 2.77. The molecule has 1 saturated heterocycles. The van der Waals surface area contributed by atoms with E-state index in [0.717, 1.165) is 12.5 Å². The summed E-state index contributed by atoms with van der Waals surface area (Å²) in [6.45, 7) is 12.5. The van der Waals surface area contributed by atoms with Crippen LogP contribution in [0.3, 0.4) is 0 Å². The Balaban J connectivity index is 1.77. The zero-order valence-electron chi connectivity index (χ0n) is 14.0. The van der Waals surface area contributed by atoms with E-state index >= 15 is 0 Å². The second-order valence-corrected chi connectivity index (χ2v) is 9.19. The molecule has 1 aliphatic heterocycles. The Kier molecular flexibility index (Phi) is 2.85. The quantitative estimate of drug-likeness (QED) is 0.596. The Morgan fingerprint density at radius 2 is 2.00 bits per heavy atom. The van der Waals surface area contributed by atoms with Gasteiger partial charge in [0.05, 0.1) is 12.7 Å². The largest absolute Gasteiger partial charge is 0.377 e. The van der Waals surface area contributed by atoms with E-state index in [1.165, 1.54) is 44.9 Å². The fourth-order valence-electron chi connectivity index (χ4n) is 6.33. The van der Waals surface area contributed by atoms with Crippen LogP contribution in [0.2, 0.25) is 0 Å². The van der Waals surface area contributed by atoms with Crippen LogP contribution in [0.5, 0.6) is 0 Å². The van der Waals surface area contributed by atoms with Gasteiger partial charge >= 0.3 is 0 Å². The van der Waals surface area contributed by atoms with Crippen molar-refractivity contribution >= 4 is 0 Å². The fraction of sp³-hybridized carbons (Fsp3) is 0.800. The van der Waals surface area contributed by atoms with Crippen molar-refractivity contribution in [1.82, 2.24) is 0 Å². The first-order valence-corrected chi connectivity index (χ1v) is 8.85. The number of hydrogen-bond acceptors (Lipinski definition) is 1. The maximum absolute atomic E-state index is 6.25. The number of fused-ring (bicyclic) bond motifs is 1. The molecule has 0 aromatic rings. The van der Waals surface area contributed by atoms with Crippen molar-refractivity contribution < 1.29 is 4.74 Å². The second-order valence-electron chi connectivity index (χ2n) is 9.19. The van der Waals surface area contributed by atoms with Crippen molar-refractivity contribution in [2.75, 3.05) is 6.61 Å². The predicted octanol–water partition coefficient (Wildman–Crippen LogP) is 5.27. The summed E-state index contributed by atoms with van der Waals surface area (Å²) in [6.07, 6.45) is 11.9. The molecule has 2 fully saturated rings. The minimum absolute atomic E-state index is 0.339. The monoisotopic (exact) mass is 286 g/mol. The van der Waals surface area contributed by atoms with Crippen molar-refractivity contribution in [3.05, 3.63) is 23.8 Å². The topological polar surface area (TPSA) is 9.23 Å². The summed E-state index contributed by atoms with van der Waals surface area (Å²) in [5, 5.41) is 0. The lowest BCUT2D eigenvalue weighted by Crippen LogP contribution is -2.49. The van der Waals surface area contributed by atoms with E-state index in [1.54, 1.807) is 5.57 Å². The first-order chi connectivity index (χ1) is 9.89. The van der Waals surface area contributed by atoms with Crippen molar-refractivity contribution in [3.63, 3.8) is 0 Å². The molecule has 0 aromatic heterocycles. The molecular formula is C20H30O. The lowest BCUT2D eigenvalue weighted by molar-refractivity contribution is 0.0159. The van der Waals surface area contributed by atoms with Crippen LogP contribution in [-0.2, 0) is 4.74 Å². The fourth-order valence-corrected chi connectivity index (χ4v) is 6.33. The zero-order chi connectivity index (χ0) is 14.9. The molecule has 0 aromatic carbocycles. The summed E-state index contributed by atoms with van der Waals surface area (Å²) in [5.74, 6) is 0.843. The maximum Gasteiger partial charge on any atom is 0.0590 e. The van der Waals surface area contributed by atoms with Crippen LogP contribution in [0.1, 0.15) is 65.7 Å². The van der Waals surface area contributed by atoms with Gasteiger partial charge in [-0.25, -0.2) is 0 Å². The molecule has 21 heavy (non-hydrogen) atoms. The normalized spacial score (nSPS) is 47.8. The lowest BCUT2D eigenvalue weighted by Gasteiger charge is -2.55. The highest BCUT2D eigenvalue weighted by Gasteiger charge is 2.60. The summed E-state index contributed by atoms with van der Waals surface area (Å²) < 4.78 is 6.25. The van der Waals surface area contributed by atoms with Crippen LogP contribution in [0, 0.1) is 22.2 Å². The van der Waals surface area contributed by atoms with E-state index in [4.69, 9.17) is 4.74 Å². The number of rotatable bonds is 1. The van der Waals surface area contributed by atoms with Gasteiger partial charge in [-0.2, -0.15) is 0 Å². The summed E-state index contributed by atoms with van der Waals surface area (Å²) in [5.41, 5.74) is 4.81. The molecule has 2 bridgehead atoms. The van der Waals surface area contributed by atoms with Gasteiger partial charge in [0.15, 0.2) is 0 Å². The summed E-state index contributed by atoms with van der Waals surface area (Å²) in [4.78, 5) is 0. The molecule has 1 heterocycles. The second kappa shape index (κ2) is 4.25. The summed E-state index contributed by atoms with van der Waals surface area (Å²) >= 11 is 0. The summed E-state index contributed by atoms with van der Waals surface area (Å²) in [7, 11) is 0. The highest BCUT2D eigenvalue weighted by molar-refractivity contribution is 5.35. The molecule has 4 aliphatic rings. The highest BCUT2D eigenvalue weighted by atomic mass is 16.5. The Labute approximate surface area is 129 Å². The molecule has 0 unspecified atom stereocenters. The minimum Gasteiger partial charge on any atom is -0.377 e. The molecule has 4 rings (SSSR count). The highest BCUT2D eigenvalue weighted by Crippen LogP contribution is 2.65. The number of ether oxygens (including phenoxy) is 1. The smallest absolute Gasteiger partial charge is 0.0590 e. The van der Waals surface area contributed by atoms with Crippen molar-refractivity contribution in [2.24, 2.45) is 22.2 Å². The van der Waals surface area contributed by atoms with Gasteiger partial charge < -0.3 is 4.74 Å². The molecule has 4 atom stereocenters. The van der Waals surface area contributed by atoms with Gasteiger partial charge in [-0.3, -0.25) is 0 Å². The molecule has 0 radical (unpaired) electrons. The first kappa shape index (κ1) is 14.1. The van der Waals surface area contributed by atoms with Crippen LogP contribution in [0.25, 0.3) is 0 Å². The number of allylic oxidation sites excluding steroid dienone is 2. The lowest BCUT2D eigenvalue weighted by atomic mass is 9.48. The molecule has 116 valence electrons. The van der Waals surface area contributed by atoms with E-state index in [9.17, 15) is 0 Å². The van der Waals surface area contributed by atoms with Gasteiger partial charge in [-0.1, -0.05) is 38.0 Å². The SMILES string of the molecule is C=C[C@@]1(C)CCC2=C(CC[C@H]3C(C)(C)C[C@@H]4C[C@]23CO4)C1. The van der Waals surface area contributed by atoms with Crippen molar-refractivity contribution in [2.45, 2.75) is 71.8 Å². The third-order valence-corrected chi connectivity index (χ3v) is 7.35. The first-order valence-electron chi connectivity index (χ1n) is 8.85. The van der Waals surface area contributed by atoms with Gasteiger partial charge in [-0.15, -0.1) is 6.58 Å². The van der Waals surface area contributed by atoms with Crippen LogP contribution in [0.4, 0.5) is 0 Å². The third kappa shape index (κ3) is 1.86. The standard InChI is InChI=1S/C20H30O/c1-5-19(4)9-8-16-14(10-19)6-7-17-18(2,3)11-15-12-20(16,17)13-21-15/h5,15,17H,1,6-13H2,2-4H3/t15-,17+,19+,20+/m1/s1. The average molecular weight is 286 g/mol. The van der Waals surface area contributed by atoms with Crippen LogP contribution in [0.15, 0.2) is 23.8 Å². The molecule has 1 heteroatoms. The Morgan fingerprint density at radius 3 is 2.76 bits per heavy atom. The van der Waals surface area contributed by atoms with Gasteiger partial charge in [0, 0.05) is 5.41 Å². The number of hydrogen-bond donors (Lipinski definition) is 0. The molecule has 0 amide bonds. The van der Waals surface area contributed by atoms with Crippen molar-refractivity contribution in [3.8, 4) is 0 Å². The van der Waals surface area contributed by atoms with E-state index in [1.807, 2.05) is 5.57 Å². The molecular weight excluding hydrogens is 256 g/mol. The van der Waals surface area contributed by atoms with Gasteiger partial charge in [0.25, 0.3) is 0 Å². The maximum atomic E-state index is 6.25. The third-order valence-electron chi connectivity index (χ3n) is 7.35. The Hall–Kier alpha value is -0.560. The Bertz CT molecular complexity index is 514. The molecule has 0 N–H and O–H groups in total. The van der Waals surface area contributed by atoms with Crippen molar-refractivity contribution in [1.29, 1.82) is 0 Å². The molecule has 3 aliphatic carbocycles. The van der Waals surface area contributed by atoms with E-state index < -0.39 is 0 Å². The minimum atomic E-state index is 0.339. The van der Waals surface area contributed by atoms with Crippen LogP contribution in [-0.4, -0.2) is 12.7 Å². The Morgan fingerprint density at radius 1 is 1.19 bits per heavy atom. The van der Waals surface area contributed by atoms with Crippen LogP contribution < -0.4 is 0 Å². The van der Waals surface area contributed by atoms with Crippen LogP contribution >= 0.6 is 0 Å². The van der Waals surface area contributed by atoms with Gasteiger partial charge in [0.2, 0.25) is 0 Å². The molecule has 1 nitrogen and oxygen atoms in total. The van der Waals surface area contributed by atoms with E-state index in [0.29, 0.717) is 22.3 Å². The zero-order valence-corrected chi connectivity index (χ0v) is 14.0. The molecule has 1 saturated carbocycles. The predicted molar refractivity (Wildman–Crippen MR) is 87.1 cm³/mol. The van der Waals surface area contributed by atoms with E-state index in [2.05, 4.69) is 33.4 Å².